The smallest absolute Gasteiger partial charge is 0.454 e. The first-order valence-corrected chi connectivity index (χ1v) is 4.07. The number of Topliss-reactive ketones (excluding diaryl/α,β-unsaturated/α-hetero) is 1. The highest BCUT2D eigenvalue weighted by molar-refractivity contribution is 6.02. The van der Waals surface area contributed by atoms with Crippen molar-refractivity contribution in [3.8, 4) is 0 Å². The fourth-order valence-electron chi connectivity index (χ4n) is 1.27. The highest BCUT2D eigenvalue weighted by atomic mass is 19.4. The molecule has 1 aromatic heterocycles. The molecule has 0 aliphatic heterocycles. The first-order valence-electron chi connectivity index (χ1n) is 4.07. The lowest BCUT2D eigenvalue weighted by Crippen LogP contribution is -2.22. The molecule has 0 aliphatic rings. The van der Waals surface area contributed by atoms with E-state index in [1.54, 1.807) is 0 Å². The van der Waals surface area contributed by atoms with E-state index in [1.165, 1.54) is 18.4 Å². The second-order valence-electron chi connectivity index (χ2n) is 3.00. The zero-order valence-electron chi connectivity index (χ0n) is 7.34. The number of fused-ring (bicyclic) bond motifs is 1. The summed E-state index contributed by atoms with van der Waals surface area (Å²) in [6.07, 6.45) is -3.48. The van der Waals surface area contributed by atoms with Crippen LogP contribution in [0.4, 0.5) is 13.2 Å². The number of halogens is 3. The summed E-state index contributed by atoms with van der Waals surface area (Å²) in [5.41, 5.74) is 0.0742. The standard InChI is InChI=1S/C10H5F3O2/c11-10(12,13)9(14)7-1-2-8-6(5-7)3-4-15-8/h1-5H. The van der Waals surface area contributed by atoms with Crippen LogP contribution in [0.1, 0.15) is 10.4 Å². The molecule has 0 saturated heterocycles. The zero-order chi connectivity index (χ0) is 11.1. The number of benzene rings is 1. The Morgan fingerprint density at radius 1 is 1.20 bits per heavy atom. The fourth-order valence-corrected chi connectivity index (χ4v) is 1.27. The zero-order valence-corrected chi connectivity index (χ0v) is 7.34. The first-order chi connectivity index (χ1) is 6.98. The Morgan fingerprint density at radius 2 is 1.93 bits per heavy atom. The van der Waals surface area contributed by atoms with Gasteiger partial charge in [0, 0.05) is 10.9 Å². The van der Waals surface area contributed by atoms with E-state index in [0.717, 1.165) is 12.1 Å². The number of furan rings is 1. The Labute approximate surface area is 82.3 Å². The molecule has 78 valence electrons. The lowest BCUT2D eigenvalue weighted by atomic mass is 10.1. The third kappa shape index (κ3) is 1.72. The molecular formula is C10H5F3O2. The van der Waals surface area contributed by atoms with Crippen LogP contribution in [0.3, 0.4) is 0 Å². The van der Waals surface area contributed by atoms with Gasteiger partial charge in [0.15, 0.2) is 0 Å². The average molecular weight is 214 g/mol. The number of ketones is 1. The van der Waals surface area contributed by atoms with Crippen LogP contribution in [0.15, 0.2) is 34.9 Å². The molecule has 0 spiro atoms. The minimum Gasteiger partial charge on any atom is -0.464 e. The van der Waals surface area contributed by atoms with Gasteiger partial charge in [-0.2, -0.15) is 13.2 Å². The number of rotatable bonds is 1. The van der Waals surface area contributed by atoms with Gasteiger partial charge >= 0.3 is 6.18 Å². The van der Waals surface area contributed by atoms with Crippen molar-refractivity contribution in [1.82, 2.24) is 0 Å². The molecule has 1 heterocycles. The molecule has 0 amide bonds. The van der Waals surface area contributed by atoms with Gasteiger partial charge in [0.25, 0.3) is 5.78 Å². The number of alkyl halides is 3. The third-order valence-electron chi connectivity index (χ3n) is 1.97. The van der Waals surface area contributed by atoms with Crippen molar-refractivity contribution in [3.63, 3.8) is 0 Å². The Balaban J connectivity index is 2.49. The van der Waals surface area contributed by atoms with Crippen molar-refractivity contribution >= 4 is 16.8 Å². The molecular weight excluding hydrogens is 209 g/mol. The normalized spacial score (nSPS) is 11.9. The van der Waals surface area contributed by atoms with E-state index in [9.17, 15) is 18.0 Å². The molecule has 0 bridgehead atoms. The largest absolute Gasteiger partial charge is 0.464 e. The van der Waals surface area contributed by atoms with Crippen molar-refractivity contribution in [2.75, 3.05) is 0 Å². The molecule has 0 radical (unpaired) electrons. The summed E-state index contributed by atoms with van der Waals surface area (Å²) in [4.78, 5) is 10.9. The average Bonchev–Trinajstić information content (AvgIpc) is 2.61. The van der Waals surface area contributed by atoms with Crippen molar-refractivity contribution in [3.05, 3.63) is 36.1 Å². The van der Waals surface area contributed by atoms with Crippen molar-refractivity contribution in [1.29, 1.82) is 0 Å². The molecule has 5 heteroatoms. The van der Waals surface area contributed by atoms with Crippen LogP contribution in [0.25, 0.3) is 11.0 Å². The molecule has 0 saturated carbocycles. The Bertz CT molecular complexity index is 511. The van der Waals surface area contributed by atoms with Crippen molar-refractivity contribution in [2.45, 2.75) is 6.18 Å². The molecule has 2 nitrogen and oxygen atoms in total. The molecule has 2 aromatic rings. The van der Waals surface area contributed by atoms with Gasteiger partial charge < -0.3 is 4.42 Å². The second-order valence-corrected chi connectivity index (χ2v) is 3.00. The summed E-state index contributed by atoms with van der Waals surface area (Å²) in [6, 6.07) is 5.10. The molecule has 0 atom stereocenters. The Kier molecular flexibility index (Phi) is 2.03. The number of carbonyl (C=O) groups is 1. The molecule has 0 fully saturated rings. The summed E-state index contributed by atoms with van der Waals surface area (Å²) < 4.78 is 41.2. The van der Waals surface area contributed by atoms with Gasteiger partial charge in [-0.1, -0.05) is 0 Å². The predicted molar refractivity (Wildman–Crippen MR) is 46.6 cm³/mol. The maximum atomic E-state index is 12.1. The Morgan fingerprint density at radius 3 is 2.60 bits per heavy atom. The molecule has 2 rings (SSSR count). The van der Waals surface area contributed by atoms with E-state index in [2.05, 4.69) is 0 Å². The predicted octanol–water partition coefficient (Wildman–Crippen LogP) is 3.18. The molecule has 0 N–H and O–H groups in total. The minimum absolute atomic E-state index is 0.378. The van der Waals surface area contributed by atoms with Crippen LogP contribution in [0.5, 0.6) is 0 Å². The summed E-state index contributed by atoms with van der Waals surface area (Å²) in [7, 11) is 0. The van der Waals surface area contributed by atoms with Gasteiger partial charge in [0.2, 0.25) is 0 Å². The number of carbonyl (C=O) groups excluding carboxylic acids is 1. The van der Waals surface area contributed by atoms with Crippen molar-refractivity contribution in [2.24, 2.45) is 0 Å². The van der Waals surface area contributed by atoms with Crippen LogP contribution in [0, 0.1) is 0 Å². The Hall–Kier alpha value is -1.78. The molecule has 0 aliphatic carbocycles. The fraction of sp³-hybridized carbons (Fsp3) is 0.100. The van der Waals surface area contributed by atoms with Gasteiger partial charge in [-0.3, -0.25) is 4.79 Å². The maximum Gasteiger partial charge on any atom is 0.454 e. The minimum atomic E-state index is -4.84. The second kappa shape index (κ2) is 3.12. The first kappa shape index (κ1) is 9.76. The summed E-state index contributed by atoms with van der Waals surface area (Å²) >= 11 is 0. The molecule has 15 heavy (non-hydrogen) atoms. The van der Waals surface area contributed by atoms with Gasteiger partial charge in [0.05, 0.1) is 6.26 Å². The quantitative estimate of drug-likeness (QED) is 0.682. The van der Waals surface area contributed by atoms with Crippen LogP contribution < -0.4 is 0 Å². The monoisotopic (exact) mass is 214 g/mol. The van der Waals surface area contributed by atoms with Gasteiger partial charge in [-0.25, -0.2) is 0 Å². The lowest BCUT2D eigenvalue weighted by Gasteiger charge is -2.04. The topological polar surface area (TPSA) is 30.2 Å². The van der Waals surface area contributed by atoms with E-state index < -0.39 is 12.0 Å². The van der Waals surface area contributed by atoms with E-state index in [1.807, 2.05) is 0 Å². The van der Waals surface area contributed by atoms with E-state index in [0.29, 0.717) is 11.0 Å². The summed E-state index contributed by atoms with van der Waals surface area (Å²) in [5.74, 6) is -1.84. The maximum absolute atomic E-state index is 12.1. The highest BCUT2D eigenvalue weighted by Crippen LogP contribution is 2.24. The number of hydrogen-bond acceptors (Lipinski definition) is 2. The van der Waals surface area contributed by atoms with Crippen LogP contribution in [-0.4, -0.2) is 12.0 Å². The van der Waals surface area contributed by atoms with Gasteiger partial charge in [-0.05, 0) is 24.3 Å². The summed E-state index contributed by atoms with van der Waals surface area (Å²) in [5, 5.41) is 0.477. The molecule has 1 aromatic carbocycles. The van der Waals surface area contributed by atoms with Gasteiger partial charge in [0.1, 0.15) is 5.58 Å². The van der Waals surface area contributed by atoms with Crippen LogP contribution in [0.2, 0.25) is 0 Å². The highest BCUT2D eigenvalue weighted by Gasteiger charge is 2.39. The third-order valence-corrected chi connectivity index (χ3v) is 1.97. The van der Waals surface area contributed by atoms with E-state index in [-0.39, 0.29) is 5.56 Å². The van der Waals surface area contributed by atoms with Crippen molar-refractivity contribution < 1.29 is 22.4 Å². The van der Waals surface area contributed by atoms with E-state index >= 15 is 0 Å². The SMILES string of the molecule is O=C(c1ccc2occc2c1)C(F)(F)F. The van der Waals surface area contributed by atoms with E-state index in [4.69, 9.17) is 4.42 Å². The van der Waals surface area contributed by atoms with Gasteiger partial charge in [-0.15, -0.1) is 0 Å². The summed E-state index contributed by atoms with van der Waals surface area (Å²) in [6.45, 7) is 0. The van der Waals surface area contributed by atoms with Crippen LogP contribution >= 0.6 is 0 Å². The lowest BCUT2D eigenvalue weighted by molar-refractivity contribution is -0.0885. The molecule has 0 unspecified atom stereocenters. The van der Waals surface area contributed by atoms with Crippen LogP contribution in [-0.2, 0) is 0 Å². The number of hydrogen-bond donors (Lipinski definition) is 0.